The van der Waals surface area contributed by atoms with E-state index in [4.69, 9.17) is 16.4 Å². The van der Waals surface area contributed by atoms with Gasteiger partial charge in [0.25, 0.3) is 5.91 Å². The van der Waals surface area contributed by atoms with Crippen molar-refractivity contribution in [1.29, 1.82) is 0 Å². The second-order valence-electron chi connectivity index (χ2n) is 15.4. The fraction of sp³-hybridized carbons (Fsp3) is 0.657. The van der Waals surface area contributed by atoms with Crippen molar-refractivity contribution in [3.63, 3.8) is 0 Å². The van der Waals surface area contributed by atoms with Crippen LogP contribution in [0.5, 0.6) is 0 Å². The van der Waals surface area contributed by atoms with E-state index in [0.717, 1.165) is 31.2 Å². The highest BCUT2D eigenvalue weighted by atomic mass is 35.5. The smallest absolute Gasteiger partial charge is 0.289 e. The number of Topliss-reactive ketones (excluding diaryl/α,β-unsaturated/α-hetero) is 1. The standard InChI is InChI=1S/C35H48ClN5O6/c1-19(2)12-22-15-24(22)30(43)39-29(34(3,4)5)33(46)41-18-35(16-26(40-47-35)21-8-7-9-23(36)14-21)17-27(41)31(44)38-25(13-20-10-11-20)28(42)32(45)37-6/h7-9,14,19-20,22,24-25,27,29H,10-13,15-18H2,1-6H3,(H,37,45)(H,38,44)(H,39,43)/t22-,24-,25+,27+,29-,35-/m1/s1. The van der Waals surface area contributed by atoms with Crippen LogP contribution in [0.2, 0.25) is 5.02 Å². The number of likely N-dealkylation sites (tertiary alicyclic amines) is 1. The number of benzene rings is 1. The van der Waals surface area contributed by atoms with Gasteiger partial charge in [-0.3, -0.25) is 24.0 Å². The van der Waals surface area contributed by atoms with Crippen molar-refractivity contribution in [3.8, 4) is 0 Å². The van der Waals surface area contributed by atoms with E-state index in [0.29, 0.717) is 35.4 Å². The van der Waals surface area contributed by atoms with Gasteiger partial charge >= 0.3 is 0 Å². The second-order valence-corrected chi connectivity index (χ2v) is 15.8. The van der Waals surface area contributed by atoms with Crippen molar-refractivity contribution in [1.82, 2.24) is 20.9 Å². The SMILES string of the molecule is CNC(=O)C(=O)[C@H](CC1CC1)NC(=O)[C@@H]1C[C@]2(CC(c3cccc(Cl)c3)=NO2)CN1C(=O)[C@@H](NC(=O)[C@@H]1C[C@H]1CC(C)C)C(C)(C)C. The first-order chi connectivity index (χ1) is 22.1. The van der Waals surface area contributed by atoms with Crippen LogP contribution in [0.3, 0.4) is 0 Å². The summed E-state index contributed by atoms with van der Waals surface area (Å²) in [4.78, 5) is 74.9. The first-order valence-corrected chi connectivity index (χ1v) is 17.2. The monoisotopic (exact) mass is 669 g/mol. The van der Waals surface area contributed by atoms with Gasteiger partial charge in [0.05, 0.1) is 18.3 Å². The van der Waals surface area contributed by atoms with E-state index in [9.17, 15) is 24.0 Å². The summed E-state index contributed by atoms with van der Waals surface area (Å²) in [6.45, 7) is 9.97. The van der Waals surface area contributed by atoms with Crippen molar-refractivity contribution in [2.24, 2.45) is 34.2 Å². The molecule has 6 atom stereocenters. The van der Waals surface area contributed by atoms with Gasteiger partial charge in [-0.05, 0) is 54.6 Å². The first kappa shape index (κ1) is 34.9. The minimum atomic E-state index is -1.02. The Bertz CT molecular complexity index is 1450. The fourth-order valence-corrected chi connectivity index (χ4v) is 7.11. The Morgan fingerprint density at radius 2 is 1.81 bits per heavy atom. The molecule has 1 spiro atoms. The highest BCUT2D eigenvalue weighted by molar-refractivity contribution is 6.38. The van der Waals surface area contributed by atoms with Crippen LogP contribution in [0.15, 0.2) is 29.4 Å². The number of nitrogens with zero attached hydrogens (tertiary/aromatic N) is 2. The molecule has 11 nitrogen and oxygen atoms in total. The Hall–Kier alpha value is -3.47. The molecular formula is C35H48ClN5O6. The van der Waals surface area contributed by atoms with Crippen LogP contribution in [0.4, 0.5) is 0 Å². The van der Waals surface area contributed by atoms with E-state index in [2.05, 4.69) is 35.0 Å². The van der Waals surface area contributed by atoms with Crippen LogP contribution in [-0.2, 0) is 28.8 Å². The van der Waals surface area contributed by atoms with Gasteiger partial charge in [-0.15, -0.1) is 0 Å². The molecule has 1 aromatic carbocycles. The third-order valence-corrected chi connectivity index (χ3v) is 10.0. The van der Waals surface area contributed by atoms with Crippen molar-refractivity contribution in [2.75, 3.05) is 13.6 Å². The van der Waals surface area contributed by atoms with Crippen molar-refractivity contribution in [3.05, 3.63) is 34.9 Å². The molecule has 12 heteroatoms. The van der Waals surface area contributed by atoms with Gasteiger partial charge in [-0.2, -0.15) is 0 Å². The molecule has 1 aromatic rings. The number of carbonyl (C=O) groups is 5. The zero-order valence-electron chi connectivity index (χ0n) is 28.2. The molecular weight excluding hydrogens is 622 g/mol. The predicted octanol–water partition coefficient (Wildman–Crippen LogP) is 3.62. The van der Waals surface area contributed by atoms with Crippen molar-refractivity contribution < 1.29 is 28.8 Å². The third kappa shape index (κ3) is 8.16. The molecule has 2 saturated carbocycles. The summed E-state index contributed by atoms with van der Waals surface area (Å²) in [5, 5.41) is 13.1. The topological polar surface area (TPSA) is 146 Å². The van der Waals surface area contributed by atoms with Crippen LogP contribution in [0, 0.1) is 29.1 Å². The number of likely N-dealkylation sites (N-methyl/N-ethyl adjacent to an activating group) is 1. The number of hydrogen-bond acceptors (Lipinski definition) is 7. The van der Waals surface area contributed by atoms with Crippen LogP contribution < -0.4 is 16.0 Å². The summed E-state index contributed by atoms with van der Waals surface area (Å²) >= 11 is 6.24. The summed E-state index contributed by atoms with van der Waals surface area (Å²) in [6, 6.07) is 4.29. The minimum absolute atomic E-state index is 0.0516. The Balaban J connectivity index is 1.40. The zero-order chi connectivity index (χ0) is 34.3. The van der Waals surface area contributed by atoms with E-state index < -0.39 is 52.6 Å². The van der Waals surface area contributed by atoms with Gasteiger partial charge in [-0.25, -0.2) is 0 Å². The largest absolute Gasteiger partial charge is 0.387 e. The quantitative estimate of drug-likeness (QED) is 0.290. The molecule has 256 valence electrons. The predicted molar refractivity (Wildman–Crippen MR) is 177 cm³/mol. The molecule has 3 fully saturated rings. The van der Waals surface area contributed by atoms with E-state index >= 15 is 0 Å². The summed E-state index contributed by atoms with van der Waals surface area (Å²) < 4.78 is 0. The molecule has 4 amide bonds. The lowest BCUT2D eigenvalue weighted by molar-refractivity contribution is -0.145. The van der Waals surface area contributed by atoms with Gasteiger partial charge in [0.2, 0.25) is 23.5 Å². The van der Waals surface area contributed by atoms with E-state index in [1.54, 1.807) is 12.1 Å². The zero-order valence-corrected chi connectivity index (χ0v) is 29.0. The molecule has 3 N–H and O–H groups in total. The Morgan fingerprint density at radius 1 is 1.09 bits per heavy atom. The summed E-state index contributed by atoms with van der Waals surface area (Å²) in [7, 11) is 1.37. The molecule has 5 rings (SSSR count). The molecule has 0 aromatic heterocycles. The average Bonchev–Trinajstić information content (AvgIpc) is 3.91. The van der Waals surface area contributed by atoms with Gasteiger partial charge in [-0.1, -0.05) is 76.3 Å². The number of nitrogens with one attached hydrogen (secondary N) is 3. The minimum Gasteiger partial charge on any atom is -0.387 e. The lowest BCUT2D eigenvalue weighted by atomic mass is 9.85. The van der Waals surface area contributed by atoms with Gasteiger partial charge in [0, 0.05) is 36.4 Å². The van der Waals surface area contributed by atoms with E-state index in [-0.39, 0.29) is 30.7 Å². The maximum atomic E-state index is 14.5. The molecule has 2 heterocycles. The highest BCUT2D eigenvalue weighted by Gasteiger charge is 2.56. The Kier molecular flexibility index (Phi) is 10.1. The lowest BCUT2D eigenvalue weighted by Crippen LogP contribution is -2.59. The molecule has 2 aliphatic heterocycles. The van der Waals surface area contributed by atoms with Gasteiger partial charge < -0.3 is 25.7 Å². The molecule has 0 radical (unpaired) electrons. The third-order valence-electron chi connectivity index (χ3n) is 9.77. The van der Waals surface area contributed by atoms with Gasteiger partial charge in [0.1, 0.15) is 12.1 Å². The number of halogens is 1. The van der Waals surface area contributed by atoms with Crippen molar-refractivity contribution in [2.45, 2.75) is 103 Å². The van der Waals surface area contributed by atoms with E-state index in [1.165, 1.54) is 11.9 Å². The van der Waals surface area contributed by atoms with E-state index in [1.807, 2.05) is 32.9 Å². The van der Waals surface area contributed by atoms with Crippen LogP contribution >= 0.6 is 11.6 Å². The highest BCUT2D eigenvalue weighted by Crippen LogP contribution is 2.44. The number of amides is 4. The first-order valence-electron chi connectivity index (χ1n) is 16.8. The summed E-state index contributed by atoms with van der Waals surface area (Å²) in [5.41, 5.74) is -0.250. The van der Waals surface area contributed by atoms with Crippen LogP contribution in [-0.4, -0.2) is 77.3 Å². The summed E-state index contributed by atoms with van der Waals surface area (Å²) in [6.07, 6.45) is 4.39. The van der Waals surface area contributed by atoms with Crippen molar-refractivity contribution >= 4 is 46.7 Å². The number of hydrogen-bond donors (Lipinski definition) is 3. The van der Waals surface area contributed by atoms with Gasteiger partial charge in [0.15, 0.2) is 5.60 Å². The number of rotatable bonds is 12. The lowest BCUT2D eigenvalue weighted by Gasteiger charge is -2.35. The molecule has 1 saturated heterocycles. The molecule has 0 unspecified atom stereocenters. The normalized spacial score (nSPS) is 26.3. The van der Waals surface area contributed by atoms with Crippen LogP contribution in [0.25, 0.3) is 0 Å². The fourth-order valence-electron chi connectivity index (χ4n) is 6.92. The molecule has 0 bridgehead atoms. The molecule has 4 aliphatic rings. The molecule has 2 aliphatic carbocycles. The summed E-state index contributed by atoms with van der Waals surface area (Å²) in [5.74, 6) is -1.71. The second kappa shape index (κ2) is 13.6. The Labute approximate surface area is 281 Å². The number of ketones is 1. The molecule has 47 heavy (non-hydrogen) atoms. The number of carbonyl (C=O) groups excluding carboxylic acids is 5. The maximum absolute atomic E-state index is 14.5. The average molecular weight is 670 g/mol. The Morgan fingerprint density at radius 3 is 2.43 bits per heavy atom. The maximum Gasteiger partial charge on any atom is 0.289 e. The van der Waals surface area contributed by atoms with Crippen LogP contribution in [0.1, 0.15) is 85.1 Å². The number of oxime groups is 1.